The Hall–Kier alpha value is 2.21. The lowest BCUT2D eigenvalue weighted by atomic mass is 8.35. The van der Waals surface area contributed by atoms with E-state index in [1.54, 1.807) is 7.06 Å². The van der Waals surface area contributed by atoms with E-state index in [4.69, 9.17) is 132 Å². The minimum atomic E-state index is -1.04. The van der Waals surface area contributed by atoms with Gasteiger partial charge in [-0.2, -0.15) is 0 Å². The molecule has 0 aliphatic carbocycles. The van der Waals surface area contributed by atoms with Crippen molar-refractivity contribution >= 4 is 241 Å². The average molecular weight is 368 g/mol. The van der Waals surface area contributed by atoms with Crippen molar-refractivity contribution in [2.24, 2.45) is 0 Å². The van der Waals surface area contributed by atoms with Crippen molar-refractivity contribution in [1.82, 2.24) is 0 Å². The summed E-state index contributed by atoms with van der Waals surface area (Å²) in [6, 6.07) is 0. The van der Waals surface area contributed by atoms with Crippen LogP contribution in [0.25, 0.3) is 0 Å². The van der Waals surface area contributed by atoms with Crippen LogP contribution in [-0.2, 0) is 0 Å². The first-order chi connectivity index (χ1) is 15.5. The van der Waals surface area contributed by atoms with Crippen molar-refractivity contribution in [1.29, 1.82) is 0 Å². The highest BCUT2D eigenvalue weighted by molar-refractivity contribution is 8.24. The van der Waals surface area contributed by atoms with Gasteiger partial charge in [-0.3, -0.25) is 0 Å². The van der Waals surface area contributed by atoms with Crippen LogP contribution in [0.15, 0.2) is 0 Å². The third-order valence-corrected chi connectivity index (χ3v) is 6.44. The maximum atomic E-state index is 6.17. The van der Waals surface area contributed by atoms with Crippen LogP contribution in [0.5, 0.6) is 0 Å². The van der Waals surface area contributed by atoms with Crippen LogP contribution in [0, 0.1) is 0 Å². The standard InChI is InChI=1S/B34/c1-18-28(20(2)3)34(27(16)17)30(33(25(12)13)26(14)15)19-29(31(21(4)5)22(6)7)32(23(8)9)24(10)11. The van der Waals surface area contributed by atoms with Crippen molar-refractivity contribution < 1.29 is 0 Å². The molecule has 102 valence electrons. The summed E-state index contributed by atoms with van der Waals surface area (Å²) >= 11 is 0. The van der Waals surface area contributed by atoms with Gasteiger partial charge in [0.25, 0.3) is 0 Å². The van der Waals surface area contributed by atoms with E-state index in [9.17, 15) is 0 Å². The quantitative estimate of drug-likeness (QED) is 0.238. The van der Waals surface area contributed by atoms with Gasteiger partial charge in [-0.05, 0) is 0 Å². The van der Waals surface area contributed by atoms with Crippen LogP contribution in [0.4, 0.5) is 0 Å². The van der Waals surface area contributed by atoms with Gasteiger partial charge in [-0.25, -0.2) is 0 Å². The summed E-state index contributed by atoms with van der Waals surface area (Å²) in [6.07, 6.45) is -13.7. The number of hydrogen-bond donors (Lipinski definition) is 0. The Labute approximate surface area is 240 Å². The summed E-state index contributed by atoms with van der Waals surface area (Å²) < 4.78 is 0. The largest absolute Gasteiger partial charge is 0 e. The van der Waals surface area contributed by atoms with E-state index in [1.807, 2.05) is 0 Å². The topological polar surface area (TPSA) is 0 Å². The molecular weight excluding hydrogens is 368 g/mol. The summed E-state index contributed by atoms with van der Waals surface area (Å²) in [5, 5.41) is 0. The molecule has 0 amide bonds. The zero-order valence-corrected chi connectivity index (χ0v) is 19.6. The van der Waals surface area contributed by atoms with Crippen molar-refractivity contribution in [2.45, 2.75) is 0 Å². The van der Waals surface area contributed by atoms with Gasteiger partial charge in [0, 0.05) is 241 Å². The lowest BCUT2D eigenvalue weighted by molar-refractivity contribution is 3.29. The van der Waals surface area contributed by atoms with E-state index in [0.29, 0.717) is 0 Å². The van der Waals surface area contributed by atoms with Crippen LogP contribution in [-0.4, -0.2) is 241 Å². The number of hydrogen-bond acceptors (Lipinski definition) is 0. The van der Waals surface area contributed by atoms with E-state index in [0.717, 1.165) is 0 Å². The monoisotopic (exact) mass is 374 g/mol. The first kappa shape index (κ1) is 36.2. The summed E-state index contributed by atoms with van der Waals surface area (Å²) in [4.78, 5) is 0. The van der Waals surface area contributed by atoms with Gasteiger partial charge < -0.3 is 0 Å². The average Bonchev–Trinajstić information content (AvgIpc) is 2.62. The second kappa shape index (κ2) is 17.0. The molecule has 34 heteroatoms. The maximum Gasteiger partial charge on any atom is 0 e. The van der Waals surface area contributed by atoms with Crippen molar-refractivity contribution in [3.8, 4) is 0 Å². The Bertz CT molecular complexity index is 462. The highest BCUT2D eigenvalue weighted by atomic mass is 13.3. The van der Waals surface area contributed by atoms with E-state index >= 15 is 0 Å². The van der Waals surface area contributed by atoms with Crippen molar-refractivity contribution in [3.05, 3.63) is 0 Å². The Balaban J connectivity index is 7.02. The molecule has 0 saturated carbocycles. The van der Waals surface area contributed by atoms with Crippen molar-refractivity contribution in [3.63, 3.8) is 0 Å². The zero-order chi connectivity index (χ0) is 27.1. The molecule has 0 saturated heterocycles. The summed E-state index contributed by atoms with van der Waals surface area (Å²) in [5.41, 5.74) is 0. The summed E-state index contributed by atoms with van der Waals surface area (Å²) in [5.74, 6) is 0. The van der Waals surface area contributed by atoms with Crippen molar-refractivity contribution in [2.75, 3.05) is 0 Å². The van der Waals surface area contributed by atoms with E-state index in [1.165, 1.54) is 7.06 Å². The lowest BCUT2D eigenvalue weighted by Gasteiger charge is -2.46. The van der Waals surface area contributed by atoms with Gasteiger partial charge >= 0.3 is 0 Å². The van der Waals surface area contributed by atoms with Gasteiger partial charge in [-0.1, -0.05) is 0 Å². The normalized spacial score (nSPS) is 9.41. The molecule has 0 spiro atoms. The Morgan fingerprint density at radius 3 is 0.706 bits per heavy atom. The highest BCUT2D eigenvalue weighted by Gasteiger charge is 2.48. The van der Waals surface area contributed by atoms with Crippen LogP contribution in [0.2, 0.25) is 0 Å². The summed E-state index contributed by atoms with van der Waals surface area (Å²) in [6.45, 7) is 0. The lowest BCUT2D eigenvalue weighted by Crippen LogP contribution is -2.84. The van der Waals surface area contributed by atoms with Gasteiger partial charge in [0.15, 0.2) is 0 Å². The van der Waals surface area contributed by atoms with Crippen LogP contribution in [0.1, 0.15) is 0 Å². The molecule has 0 unspecified atom stereocenters. The Morgan fingerprint density at radius 1 is 0.294 bits per heavy atom. The predicted molar refractivity (Wildman–Crippen MR) is 196 cm³/mol. The van der Waals surface area contributed by atoms with Gasteiger partial charge in [0.1, 0.15) is 0 Å². The van der Waals surface area contributed by atoms with Crippen LogP contribution < -0.4 is 0 Å². The highest BCUT2D eigenvalue weighted by Crippen LogP contribution is 2.10. The maximum absolute atomic E-state index is 6.17. The van der Waals surface area contributed by atoms with E-state index < -0.39 is 95.8 Å². The molecule has 0 nitrogen and oxygen atoms in total. The molecule has 0 aromatic carbocycles. The van der Waals surface area contributed by atoms with Crippen LogP contribution in [0.3, 0.4) is 0 Å². The Morgan fingerprint density at radius 2 is 0.529 bits per heavy atom. The Kier molecular flexibility index (Phi) is 18.1. The predicted octanol–water partition coefficient (Wildman–Crippen LogP) is -12.9. The van der Waals surface area contributed by atoms with Crippen LogP contribution >= 0.6 is 0 Å². The molecule has 0 aliphatic heterocycles. The molecule has 0 rings (SSSR count). The molecule has 0 fully saturated rings. The second-order valence-electron chi connectivity index (χ2n) is 9.05. The molecular formula is B34. The molecule has 0 aromatic heterocycles. The fraction of sp³-hybridized carbons (Fsp3) is 0. The van der Waals surface area contributed by atoms with Gasteiger partial charge in [-0.15, -0.1) is 0 Å². The molecule has 0 atom stereocenters. The molecule has 0 aliphatic rings. The first-order valence-corrected chi connectivity index (χ1v) is 11.0. The molecule has 0 heterocycles. The van der Waals surface area contributed by atoms with E-state index in [-0.39, 0.29) is 0 Å². The molecule has 0 bridgehead atoms. The fourth-order valence-electron chi connectivity index (χ4n) is 4.88. The zero-order valence-electron chi connectivity index (χ0n) is 19.6. The second-order valence-corrected chi connectivity index (χ2v) is 9.05. The minimum Gasteiger partial charge on any atom is 0 e. The molecule has 36 radical (unpaired) electrons. The number of rotatable bonds is 16. The fourth-order valence-corrected chi connectivity index (χ4v) is 4.88. The smallest absolute Gasteiger partial charge is 0 e. The van der Waals surface area contributed by atoms with Gasteiger partial charge in [0.05, 0.1) is 0 Å². The third-order valence-electron chi connectivity index (χ3n) is 6.44. The SMILES string of the molecule is [B][B]B(B([B])[B])B(B([B])[B])B([B]B(B(B([B])[B])B([B])[B])B(B([B])[B])B([B])[B])B(B([B])[B])B([B])[B]. The molecule has 0 N–H and O–H groups in total. The molecule has 0 aromatic rings. The molecule has 34 heavy (non-hydrogen) atoms. The first-order valence-electron chi connectivity index (χ1n) is 11.0. The third kappa shape index (κ3) is 10.4. The summed E-state index contributed by atoms with van der Waals surface area (Å²) in [7, 11) is 106. The van der Waals surface area contributed by atoms with Gasteiger partial charge in [0.2, 0.25) is 0 Å². The minimum absolute atomic E-state index is 0.727. The van der Waals surface area contributed by atoms with E-state index in [2.05, 4.69) is 0 Å².